The lowest BCUT2D eigenvalue weighted by Gasteiger charge is -2.31. The fourth-order valence-electron chi connectivity index (χ4n) is 4.87. The number of nitrogen functional groups attached to an aromatic ring is 1. The predicted octanol–water partition coefficient (Wildman–Crippen LogP) is 5.66. The molecule has 5 rings (SSSR count). The number of alkyl halides is 3. The van der Waals surface area contributed by atoms with Crippen LogP contribution in [0.4, 0.5) is 23.9 Å². The maximum absolute atomic E-state index is 13.5. The highest BCUT2D eigenvalue weighted by atomic mass is 19.4. The molecule has 3 heterocycles. The number of hydrogen-bond acceptors (Lipinski definition) is 6. The first-order chi connectivity index (χ1) is 18.7. The maximum atomic E-state index is 13.5. The minimum atomic E-state index is -4.49. The first-order valence-electron chi connectivity index (χ1n) is 12.5. The summed E-state index contributed by atoms with van der Waals surface area (Å²) in [6, 6.07) is 16.2. The minimum absolute atomic E-state index is 0.0225. The zero-order chi connectivity index (χ0) is 27.6. The van der Waals surface area contributed by atoms with Crippen molar-refractivity contribution in [3.8, 4) is 22.6 Å². The highest BCUT2D eigenvalue weighted by Gasteiger charge is 2.33. The van der Waals surface area contributed by atoms with Gasteiger partial charge in [-0.1, -0.05) is 42.5 Å². The van der Waals surface area contributed by atoms with Crippen LogP contribution in [0, 0.1) is 0 Å². The Morgan fingerprint density at radius 1 is 1.05 bits per heavy atom. The van der Waals surface area contributed by atoms with E-state index in [1.807, 2.05) is 34.9 Å². The van der Waals surface area contributed by atoms with Crippen LogP contribution < -0.4 is 5.73 Å². The molecule has 11 heteroatoms. The van der Waals surface area contributed by atoms with Crippen molar-refractivity contribution in [2.24, 2.45) is 7.05 Å². The van der Waals surface area contributed by atoms with Gasteiger partial charge in [0.2, 0.25) is 5.95 Å². The Labute approximate surface area is 223 Å². The molecule has 202 valence electrons. The van der Waals surface area contributed by atoms with Crippen molar-refractivity contribution in [3.63, 3.8) is 0 Å². The summed E-state index contributed by atoms with van der Waals surface area (Å²) in [6.45, 7) is 1.14. The highest BCUT2D eigenvalue weighted by Crippen LogP contribution is 2.38. The largest absolute Gasteiger partial charge is 0.445 e. The van der Waals surface area contributed by atoms with E-state index in [0.29, 0.717) is 54.4 Å². The Morgan fingerprint density at radius 2 is 1.79 bits per heavy atom. The van der Waals surface area contributed by atoms with E-state index in [9.17, 15) is 18.0 Å². The van der Waals surface area contributed by atoms with Crippen LogP contribution in [-0.2, 0) is 24.6 Å². The van der Waals surface area contributed by atoms with Crippen molar-refractivity contribution in [1.29, 1.82) is 0 Å². The van der Waals surface area contributed by atoms with Gasteiger partial charge in [0.25, 0.3) is 0 Å². The molecule has 1 saturated heterocycles. The van der Waals surface area contributed by atoms with Crippen molar-refractivity contribution >= 4 is 12.0 Å². The number of carbonyl (C=O) groups is 1. The number of rotatable bonds is 5. The van der Waals surface area contributed by atoms with E-state index in [0.717, 1.165) is 17.7 Å². The molecule has 0 atom stereocenters. The summed E-state index contributed by atoms with van der Waals surface area (Å²) in [7, 11) is 1.78. The Kier molecular flexibility index (Phi) is 7.23. The SMILES string of the molecule is Cn1c(C2CCN(C(=O)OCc3ccccc3)CC2)nc(-c2ccnc(N)n2)c1-c1cccc(C(F)(F)F)c1. The Bertz CT molecular complexity index is 1460. The Hall–Kier alpha value is -4.41. The number of amides is 1. The molecular weight excluding hydrogens is 509 g/mol. The number of nitrogens with zero attached hydrogens (tertiary/aromatic N) is 5. The van der Waals surface area contributed by atoms with Gasteiger partial charge in [0, 0.05) is 37.8 Å². The molecule has 1 aliphatic rings. The lowest BCUT2D eigenvalue weighted by Crippen LogP contribution is -2.38. The van der Waals surface area contributed by atoms with Crippen molar-refractivity contribution in [2.45, 2.75) is 31.5 Å². The average molecular weight is 537 g/mol. The van der Waals surface area contributed by atoms with E-state index in [-0.39, 0.29) is 24.6 Å². The molecule has 1 aliphatic heterocycles. The van der Waals surface area contributed by atoms with Crippen LogP contribution in [0.2, 0.25) is 0 Å². The second-order valence-corrected chi connectivity index (χ2v) is 9.41. The summed E-state index contributed by atoms with van der Waals surface area (Å²) in [5.74, 6) is 0.717. The zero-order valence-corrected chi connectivity index (χ0v) is 21.2. The van der Waals surface area contributed by atoms with E-state index in [4.69, 9.17) is 15.5 Å². The molecule has 0 spiro atoms. The van der Waals surface area contributed by atoms with Gasteiger partial charge in [-0.05, 0) is 36.6 Å². The number of nitrogens with two attached hydrogens (primary N) is 1. The fraction of sp³-hybridized carbons (Fsp3) is 0.286. The van der Waals surface area contributed by atoms with Gasteiger partial charge in [-0.15, -0.1) is 0 Å². The molecule has 8 nitrogen and oxygen atoms in total. The summed E-state index contributed by atoms with van der Waals surface area (Å²) in [5.41, 5.74) is 7.66. The van der Waals surface area contributed by atoms with Crippen LogP contribution in [0.3, 0.4) is 0 Å². The van der Waals surface area contributed by atoms with Crippen molar-refractivity contribution in [3.05, 3.63) is 83.8 Å². The molecule has 39 heavy (non-hydrogen) atoms. The van der Waals surface area contributed by atoms with E-state index < -0.39 is 11.7 Å². The number of piperidine rings is 1. The van der Waals surface area contributed by atoms with Gasteiger partial charge in [0.1, 0.15) is 18.1 Å². The number of halogens is 3. The summed E-state index contributed by atoms with van der Waals surface area (Å²) in [4.78, 5) is 27.4. The van der Waals surface area contributed by atoms with Crippen LogP contribution in [0.15, 0.2) is 66.9 Å². The highest BCUT2D eigenvalue weighted by molar-refractivity contribution is 5.78. The number of anilines is 1. The van der Waals surface area contributed by atoms with Crippen LogP contribution in [0.25, 0.3) is 22.6 Å². The van der Waals surface area contributed by atoms with Crippen LogP contribution in [0.5, 0.6) is 0 Å². The molecule has 2 aromatic carbocycles. The third-order valence-electron chi connectivity index (χ3n) is 6.83. The first kappa shape index (κ1) is 26.2. The second-order valence-electron chi connectivity index (χ2n) is 9.41. The molecule has 4 aromatic rings. The van der Waals surface area contributed by atoms with E-state index >= 15 is 0 Å². The molecule has 0 saturated carbocycles. The fourth-order valence-corrected chi connectivity index (χ4v) is 4.87. The van der Waals surface area contributed by atoms with Gasteiger partial charge in [0.15, 0.2) is 0 Å². The van der Waals surface area contributed by atoms with Gasteiger partial charge < -0.3 is 19.9 Å². The molecule has 0 unspecified atom stereocenters. The molecule has 1 amide bonds. The lowest BCUT2D eigenvalue weighted by molar-refractivity contribution is -0.137. The van der Waals surface area contributed by atoms with Gasteiger partial charge in [-0.3, -0.25) is 0 Å². The van der Waals surface area contributed by atoms with E-state index in [1.165, 1.54) is 12.3 Å². The maximum Gasteiger partial charge on any atom is 0.416 e. The number of aromatic nitrogens is 4. The molecule has 2 aromatic heterocycles. The topological polar surface area (TPSA) is 99.2 Å². The summed E-state index contributed by atoms with van der Waals surface area (Å²) in [5, 5.41) is 0. The van der Waals surface area contributed by atoms with Crippen molar-refractivity contribution in [1.82, 2.24) is 24.4 Å². The monoisotopic (exact) mass is 536 g/mol. The molecule has 2 N–H and O–H groups in total. The summed E-state index contributed by atoms with van der Waals surface area (Å²) < 4.78 is 47.8. The van der Waals surface area contributed by atoms with E-state index in [1.54, 1.807) is 24.1 Å². The number of ether oxygens (including phenoxy) is 1. The number of likely N-dealkylation sites (tertiary alicyclic amines) is 1. The van der Waals surface area contributed by atoms with Gasteiger partial charge in [0.05, 0.1) is 17.0 Å². The van der Waals surface area contributed by atoms with Crippen LogP contribution >= 0.6 is 0 Å². The number of hydrogen-bond donors (Lipinski definition) is 1. The molecular formula is C28H27F3N6O2. The zero-order valence-electron chi connectivity index (χ0n) is 21.2. The average Bonchev–Trinajstić information content (AvgIpc) is 3.29. The number of imidazole rings is 1. The number of carbonyl (C=O) groups excluding carboxylic acids is 1. The second kappa shape index (κ2) is 10.8. The minimum Gasteiger partial charge on any atom is -0.445 e. The summed E-state index contributed by atoms with van der Waals surface area (Å²) in [6.07, 6.45) is -2.13. The normalized spacial score (nSPS) is 14.4. The van der Waals surface area contributed by atoms with Gasteiger partial charge in [-0.2, -0.15) is 13.2 Å². The van der Waals surface area contributed by atoms with Gasteiger partial charge >= 0.3 is 12.3 Å². The molecule has 0 aliphatic carbocycles. The third kappa shape index (κ3) is 5.71. The molecule has 1 fully saturated rings. The quantitative estimate of drug-likeness (QED) is 0.353. The number of benzene rings is 2. The summed E-state index contributed by atoms with van der Waals surface area (Å²) >= 11 is 0. The van der Waals surface area contributed by atoms with Crippen molar-refractivity contribution in [2.75, 3.05) is 18.8 Å². The smallest absolute Gasteiger partial charge is 0.416 e. The van der Waals surface area contributed by atoms with Gasteiger partial charge in [-0.25, -0.2) is 19.7 Å². The standard InChI is InChI=1S/C28H27F3N6O2/c1-36-24(20-8-5-9-21(16-20)28(29,30)31)23(22-10-13-33-26(32)34-22)35-25(36)19-11-14-37(15-12-19)27(38)39-17-18-6-3-2-4-7-18/h2-10,13,16,19H,11-12,14-15,17H2,1H3,(H2,32,33,34). The molecule has 0 radical (unpaired) electrons. The van der Waals surface area contributed by atoms with Crippen LogP contribution in [0.1, 0.15) is 35.7 Å². The predicted molar refractivity (Wildman–Crippen MR) is 139 cm³/mol. The Morgan fingerprint density at radius 3 is 2.49 bits per heavy atom. The van der Waals surface area contributed by atoms with Crippen LogP contribution in [-0.4, -0.2) is 43.6 Å². The Balaban J connectivity index is 1.40. The van der Waals surface area contributed by atoms with E-state index in [2.05, 4.69) is 9.97 Å². The first-order valence-corrected chi connectivity index (χ1v) is 12.5. The van der Waals surface area contributed by atoms with Crippen molar-refractivity contribution < 1.29 is 22.7 Å². The lowest BCUT2D eigenvalue weighted by atomic mass is 9.96. The molecule has 0 bridgehead atoms. The third-order valence-corrected chi connectivity index (χ3v) is 6.83.